The molecule has 3 aromatic carbocycles. The molecule has 0 atom stereocenters. The van der Waals surface area contributed by atoms with Gasteiger partial charge in [-0.05, 0) is 59.9 Å². The van der Waals surface area contributed by atoms with E-state index in [0.717, 1.165) is 35.2 Å². The number of rotatable bonds is 3. The Balaban J connectivity index is 1.68. The topological polar surface area (TPSA) is 63.4 Å². The SMILES string of the molecule is Nc1ccc(-c2ccc(S(=O)(=O)N3CCCc4ccccc43)cc2)cc1. The molecule has 26 heavy (non-hydrogen) atoms. The Morgan fingerprint density at radius 2 is 1.42 bits per heavy atom. The van der Waals surface area contributed by atoms with E-state index < -0.39 is 10.0 Å². The van der Waals surface area contributed by atoms with E-state index in [0.29, 0.717) is 17.1 Å². The average molecular weight is 364 g/mol. The van der Waals surface area contributed by atoms with Crippen LogP contribution in [0.1, 0.15) is 12.0 Å². The maximum Gasteiger partial charge on any atom is 0.264 e. The number of para-hydroxylation sites is 1. The molecule has 1 aliphatic rings. The normalized spacial score (nSPS) is 14.1. The van der Waals surface area contributed by atoms with Crippen LogP contribution in [0.2, 0.25) is 0 Å². The monoisotopic (exact) mass is 364 g/mol. The first-order chi connectivity index (χ1) is 12.6. The van der Waals surface area contributed by atoms with Crippen molar-refractivity contribution in [1.29, 1.82) is 0 Å². The highest BCUT2D eigenvalue weighted by Crippen LogP contribution is 2.32. The Labute approximate surface area is 153 Å². The Kier molecular flexibility index (Phi) is 4.17. The van der Waals surface area contributed by atoms with E-state index >= 15 is 0 Å². The zero-order chi connectivity index (χ0) is 18.1. The van der Waals surface area contributed by atoms with E-state index in [4.69, 9.17) is 5.73 Å². The Bertz CT molecular complexity index is 1030. The van der Waals surface area contributed by atoms with Crippen molar-refractivity contribution in [2.45, 2.75) is 17.7 Å². The first kappa shape index (κ1) is 16.7. The van der Waals surface area contributed by atoms with Crippen molar-refractivity contribution in [3.63, 3.8) is 0 Å². The van der Waals surface area contributed by atoms with Crippen LogP contribution >= 0.6 is 0 Å². The molecule has 0 spiro atoms. The number of nitrogens with two attached hydrogens (primary N) is 1. The fourth-order valence-electron chi connectivity index (χ4n) is 3.37. The summed E-state index contributed by atoms with van der Waals surface area (Å²) in [5.41, 5.74) is 10.3. The number of benzene rings is 3. The van der Waals surface area contributed by atoms with Crippen molar-refractivity contribution in [3.8, 4) is 11.1 Å². The number of sulfonamides is 1. The van der Waals surface area contributed by atoms with Crippen LogP contribution in [-0.4, -0.2) is 15.0 Å². The molecule has 0 saturated carbocycles. The number of anilines is 2. The predicted molar refractivity (Wildman–Crippen MR) is 106 cm³/mol. The molecule has 132 valence electrons. The van der Waals surface area contributed by atoms with Gasteiger partial charge in [0.25, 0.3) is 10.0 Å². The number of aryl methyl sites for hydroxylation is 1. The fraction of sp³-hybridized carbons (Fsp3) is 0.143. The second kappa shape index (κ2) is 6.50. The lowest BCUT2D eigenvalue weighted by Gasteiger charge is -2.30. The highest BCUT2D eigenvalue weighted by molar-refractivity contribution is 7.92. The van der Waals surface area contributed by atoms with E-state index in [9.17, 15) is 8.42 Å². The molecule has 4 rings (SSSR count). The Hall–Kier alpha value is -2.79. The molecule has 3 aromatic rings. The van der Waals surface area contributed by atoms with Gasteiger partial charge in [0.15, 0.2) is 0 Å². The lowest BCUT2D eigenvalue weighted by atomic mass is 10.0. The summed E-state index contributed by atoms with van der Waals surface area (Å²) < 4.78 is 27.8. The van der Waals surface area contributed by atoms with Crippen LogP contribution in [0.15, 0.2) is 77.7 Å². The first-order valence-corrected chi connectivity index (χ1v) is 10.1. The number of fused-ring (bicyclic) bond motifs is 1. The molecular weight excluding hydrogens is 344 g/mol. The fourth-order valence-corrected chi connectivity index (χ4v) is 4.91. The van der Waals surface area contributed by atoms with E-state index in [1.165, 1.54) is 4.31 Å². The van der Waals surface area contributed by atoms with Crippen LogP contribution in [-0.2, 0) is 16.4 Å². The van der Waals surface area contributed by atoms with Gasteiger partial charge in [-0.25, -0.2) is 8.42 Å². The summed E-state index contributed by atoms with van der Waals surface area (Å²) >= 11 is 0. The van der Waals surface area contributed by atoms with Crippen molar-refractivity contribution in [2.75, 3.05) is 16.6 Å². The molecule has 4 nitrogen and oxygen atoms in total. The van der Waals surface area contributed by atoms with Gasteiger partial charge in [0, 0.05) is 12.2 Å². The van der Waals surface area contributed by atoms with Gasteiger partial charge in [-0.3, -0.25) is 4.31 Å². The van der Waals surface area contributed by atoms with Crippen molar-refractivity contribution < 1.29 is 8.42 Å². The van der Waals surface area contributed by atoms with Crippen molar-refractivity contribution in [1.82, 2.24) is 0 Å². The highest BCUT2D eigenvalue weighted by Gasteiger charge is 2.28. The van der Waals surface area contributed by atoms with Crippen LogP contribution < -0.4 is 10.0 Å². The second-order valence-electron chi connectivity index (χ2n) is 6.46. The standard InChI is InChI=1S/C21H20N2O2S/c22-19-11-7-16(8-12-19)17-9-13-20(14-10-17)26(24,25)23-15-3-5-18-4-1-2-6-21(18)23/h1-2,4,6-14H,3,5,15,22H2. The van der Waals surface area contributed by atoms with Gasteiger partial charge in [0.2, 0.25) is 0 Å². The number of nitrogens with zero attached hydrogens (tertiary/aromatic N) is 1. The average Bonchev–Trinajstić information content (AvgIpc) is 2.68. The lowest BCUT2D eigenvalue weighted by molar-refractivity contribution is 0.586. The third kappa shape index (κ3) is 2.95. The predicted octanol–water partition coefficient (Wildman–Crippen LogP) is 4.08. The highest BCUT2D eigenvalue weighted by atomic mass is 32.2. The van der Waals surface area contributed by atoms with Gasteiger partial charge in [-0.2, -0.15) is 0 Å². The quantitative estimate of drug-likeness (QED) is 0.712. The van der Waals surface area contributed by atoms with Gasteiger partial charge in [-0.1, -0.05) is 42.5 Å². The van der Waals surface area contributed by atoms with Crippen molar-refractivity contribution in [3.05, 3.63) is 78.4 Å². The van der Waals surface area contributed by atoms with Crippen LogP contribution in [0, 0.1) is 0 Å². The summed E-state index contributed by atoms with van der Waals surface area (Å²) in [4.78, 5) is 0.313. The number of nitrogen functional groups attached to an aromatic ring is 1. The molecule has 0 aromatic heterocycles. The molecule has 0 saturated heterocycles. The van der Waals surface area contributed by atoms with Gasteiger partial charge in [0.05, 0.1) is 10.6 Å². The molecule has 0 radical (unpaired) electrons. The van der Waals surface area contributed by atoms with Crippen molar-refractivity contribution >= 4 is 21.4 Å². The molecule has 0 bridgehead atoms. The first-order valence-electron chi connectivity index (χ1n) is 8.62. The Morgan fingerprint density at radius 3 is 2.12 bits per heavy atom. The summed E-state index contributed by atoms with van der Waals surface area (Å²) in [6.07, 6.45) is 1.75. The molecule has 1 heterocycles. The van der Waals surface area contributed by atoms with E-state index in [1.54, 1.807) is 12.1 Å². The molecular formula is C21H20N2O2S. The van der Waals surface area contributed by atoms with Gasteiger partial charge >= 0.3 is 0 Å². The number of hydrogen-bond acceptors (Lipinski definition) is 3. The minimum Gasteiger partial charge on any atom is -0.399 e. The van der Waals surface area contributed by atoms with Crippen molar-refractivity contribution in [2.24, 2.45) is 0 Å². The summed E-state index contributed by atoms with van der Waals surface area (Å²) in [6.45, 7) is 0.513. The van der Waals surface area contributed by atoms with Crippen LogP contribution in [0.25, 0.3) is 11.1 Å². The van der Waals surface area contributed by atoms with E-state index in [1.807, 2.05) is 60.7 Å². The summed E-state index contributed by atoms with van der Waals surface area (Å²) in [6, 6.07) is 22.3. The maximum absolute atomic E-state index is 13.2. The third-order valence-corrected chi connectivity index (χ3v) is 6.58. The maximum atomic E-state index is 13.2. The Morgan fingerprint density at radius 1 is 0.808 bits per heavy atom. The number of hydrogen-bond donors (Lipinski definition) is 1. The molecule has 0 amide bonds. The summed E-state index contributed by atoms with van der Waals surface area (Å²) in [5, 5.41) is 0. The summed E-state index contributed by atoms with van der Waals surface area (Å²) in [5.74, 6) is 0. The van der Waals surface area contributed by atoms with Gasteiger partial charge in [-0.15, -0.1) is 0 Å². The zero-order valence-corrected chi connectivity index (χ0v) is 15.1. The second-order valence-corrected chi connectivity index (χ2v) is 8.32. The van der Waals surface area contributed by atoms with Gasteiger partial charge in [0.1, 0.15) is 0 Å². The molecule has 2 N–H and O–H groups in total. The molecule has 0 aliphatic carbocycles. The smallest absolute Gasteiger partial charge is 0.264 e. The van der Waals surface area contributed by atoms with Crippen LogP contribution in [0.4, 0.5) is 11.4 Å². The van der Waals surface area contributed by atoms with Crippen LogP contribution in [0.5, 0.6) is 0 Å². The third-order valence-electron chi connectivity index (χ3n) is 4.75. The molecule has 1 aliphatic heterocycles. The molecule has 0 fully saturated rings. The largest absolute Gasteiger partial charge is 0.399 e. The zero-order valence-electron chi connectivity index (χ0n) is 14.3. The summed E-state index contributed by atoms with van der Waals surface area (Å²) in [7, 11) is -3.57. The molecule has 5 heteroatoms. The molecule has 0 unspecified atom stereocenters. The van der Waals surface area contributed by atoms with Gasteiger partial charge < -0.3 is 5.73 Å². The van der Waals surface area contributed by atoms with E-state index in [-0.39, 0.29) is 0 Å². The van der Waals surface area contributed by atoms with E-state index in [2.05, 4.69) is 0 Å². The minimum absolute atomic E-state index is 0.313. The minimum atomic E-state index is -3.57. The lowest BCUT2D eigenvalue weighted by Crippen LogP contribution is -2.35. The van der Waals surface area contributed by atoms with Crippen LogP contribution in [0.3, 0.4) is 0 Å².